The number of aryl methyl sites for hydroxylation is 1. The highest BCUT2D eigenvalue weighted by Crippen LogP contribution is 2.51. The molecule has 1 spiro atoms. The predicted molar refractivity (Wildman–Crippen MR) is 166 cm³/mol. The summed E-state index contributed by atoms with van der Waals surface area (Å²) in [6, 6.07) is 10.8. The lowest BCUT2D eigenvalue weighted by atomic mass is 9.59. The number of furan rings is 1. The molecule has 0 bridgehead atoms. The van der Waals surface area contributed by atoms with Crippen LogP contribution in [0.3, 0.4) is 0 Å². The Labute approximate surface area is 261 Å². The number of piperidine rings is 1. The molecule has 12 heteroatoms. The number of likely N-dealkylation sites (tertiary alicyclic amines) is 2. The summed E-state index contributed by atoms with van der Waals surface area (Å²) in [6.45, 7) is 8.51. The van der Waals surface area contributed by atoms with E-state index in [0.717, 1.165) is 58.3 Å². The second kappa shape index (κ2) is 13.9. The van der Waals surface area contributed by atoms with Gasteiger partial charge in [-0.05, 0) is 115 Å². The third-order valence-corrected chi connectivity index (χ3v) is 9.39. The van der Waals surface area contributed by atoms with E-state index in [2.05, 4.69) is 34.3 Å². The number of anilines is 1. The monoisotopic (exact) mass is 632 g/mol. The molecule has 3 aromatic rings. The molecule has 4 heterocycles. The first kappa shape index (κ1) is 32.9. The molecule has 45 heavy (non-hydrogen) atoms. The fourth-order valence-electron chi connectivity index (χ4n) is 6.57. The Morgan fingerprint density at radius 2 is 1.82 bits per heavy atom. The number of methoxy groups -OCH3 is 1. The number of benzene rings is 1. The summed E-state index contributed by atoms with van der Waals surface area (Å²) in [5.74, 6) is 0.430. The van der Waals surface area contributed by atoms with Crippen molar-refractivity contribution in [3.05, 3.63) is 36.1 Å². The van der Waals surface area contributed by atoms with Gasteiger partial charge in [0.05, 0.1) is 19.2 Å². The molecular weight excluding hydrogens is 589 g/mol. The van der Waals surface area contributed by atoms with Crippen molar-refractivity contribution >= 4 is 22.6 Å². The first-order valence-corrected chi connectivity index (χ1v) is 15.7. The molecule has 2 aromatic heterocycles. The Bertz CT molecular complexity index is 1460. The summed E-state index contributed by atoms with van der Waals surface area (Å²) >= 11 is 0. The molecule has 6 rings (SSSR count). The van der Waals surface area contributed by atoms with Gasteiger partial charge in [-0.25, -0.2) is 9.78 Å². The van der Waals surface area contributed by atoms with Gasteiger partial charge >= 0.3 is 12.1 Å². The van der Waals surface area contributed by atoms with Crippen molar-refractivity contribution in [3.63, 3.8) is 0 Å². The van der Waals surface area contributed by atoms with E-state index < -0.39 is 12.1 Å². The van der Waals surface area contributed by atoms with E-state index in [4.69, 9.17) is 28.8 Å². The molecule has 1 aromatic carbocycles. The largest absolute Gasteiger partial charge is 0.493 e. The number of carbonyl (C=O) groups is 1. The van der Waals surface area contributed by atoms with Crippen LogP contribution < -0.4 is 14.8 Å². The maximum Gasteiger partial charge on any atom is 0.490 e. The van der Waals surface area contributed by atoms with Gasteiger partial charge in [-0.15, -0.1) is 0 Å². The van der Waals surface area contributed by atoms with E-state index in [1.165, 1.54) is 64.7 Å². The van der Waals surface area contributed by atoms with Gasteiger partial charge in [0, 0.05) is 29.7 Å². The molecule has 1 saturated carbocycles. The normalized spacial score (nSPS) is 20.0. The number of rotatable bonds is 9. The minimum atomic E-state index is -5.08. The zero-order valence-electron chi connectivity index (χ0n) is 26.2. The van der Waals surface area contributed by atoms with Crippen molar-refractivity contribution in [1.29, 1.82) is 0 Å². The third-order valence-electron chi connectivity index (χ3n) is 9.39. The van der Waals surface area contributed by atoms with Crippen molar-refractivity contribution < 1.29 is 37.0 Å². The van der Waals surface area contributed by atoms with Crippen LogP contribution in [0, 0.1) is 12.3 Å². The number of nitrogens with one attached hydrogen (secondary N) is 1. The third kappa shape index (κ3) is 7.84. The van der Waals surface area contributed by atoms with Gasteiger partial charge in [0.1, 0.15) is 11.5 Å². The van der Waals surface area contributed by atoms with E-state index in [0.29, 0.717) is 18.1 Å². The molecular formula is C33H43F3N4O5. The fourth-order valence-corrected chi connectivity index (χ4v) is 6.57. The van der Waals surface area contributed by atoms with Gasteiger partial charge in [0.2, 0.25) is 0 Å². The Kier molecular flexibility index (Phi) is 10.1. The summed E-state index contributed by atoms with van der Waals surface area (Å²) in [7, 11) is 3.96. The Hall–Kier alpha value is -3.51. The predicted octanol–water partition coefficient (Wildman–Crippen LogP) is 6.60. The smallest absolute Gasteiger partial charge is 0.490 e. The number of carboxylic acids is 1. The van der Waals surface area contributed by atoms with Gasteiger partial charge in [-0.2, -0.15) is 13.2 Å². The van der Waals surface area contributed by atoms with Crippen LogP contribution in [0.5, 0.6) is 11.5 Å². The molecule has 3 aliphatic rings. The van der Waals surface area contributed by atoms with Crippen LogP contribution in [-0.4, -0.2) is 91.6 Å². The van der Waals surface area contributed by atoms with Crippen LogP contribution in [0.4, 0.5) is 18.9 Å². The first-order chi connectivity index (χ1) is 21.5. The Morgan fingerprint density at radius 1 is 1.11 bits per heavy atom. The summed E-state index contributed by atoms with van der Waals surface area (Å²) < 4.78 is 49.8. The molecule has 0 amide bonds. The van der Waals surface area contributed by atoms with Crippen LogP contribution in [0.2, 0.25) is 0 Å². The summed E-state index contributed by atoms with van der Waals surface area (Å²) in [6.07, 6.45) is 3.59. The minimum Gasteiger partial charge on any atom is -0.493 e. The number of pyridine rings is 1. The zero-order chi connectivity index (χ0) is 32.2. The molecule has 246 valence electrons. The molecule has 2 saturated heterocycles. The minimum absolute atomic E-state index is 0.395. The molecule has 3 fully saturated rings. The maximum atomic E-state index is 10.6. The van der Waals surface area contributed by atoms with Crippen molar-refractivity contribution in [2.45, 2.75) is 64.1 Å². The number of alkyl halides is 3. The van der Waals surface area contributed by atoms with Crippen LogP contribution in [0.15, 0.2) is 34.7 Å². The number of hydrogen-bond acceptors (Lipinski definition) is 8. The second-order valence-corrected chi connectivity index (χ2v) is 12.4. The van der Waals surface area contributed by atoms with Crippen LogP contribution >= 0.6 is 0 Å². The molecule has 9 nitrogen and oxygen atoms in total. The summed E-state index contributed by atoms with van der Waals surface area (Å²) in [5.41, 5.74) is 3.23. The van der Waals surface area contributed by atoms with E-state index in [9.17, 15) is 13.2 Å². The molecule has 1 unspecified atom stereocenters. The first-order valence-electron chi connectivity index (χ1n) is 15.7. The average Bonchev–Trinajstić information content (AvgIpc) is 3.69. The topological polar surface area (TPSA) is 100 Å². The lowest BCUT2D eigenvalue weighted by molar-refractivity contribution is -0.192. The lowest BCUT2D eigenvalue weighted by Gasteiger charge is -2.54. The number of hydrogen-bond donors (Lipinski definition) is 2. The Balaban J connectivity index is 0.000000515. The number of aromatic nitrogens is 1. The fraction of sp³-hybridized carbons (Fsp3) is 0.576. The number of fused-ring (bicyclic) bond motifs is 1. The second-order valence-electron chi connectivity index (χ2n) is 12.4. The average molecular weight is 633 g/mol. The highest BCUT2D eigenvalue weighted by molar-refractivity contribution is 5.96. The number of ether oxygens (including phenoxy) is 2. The number of aliphatic carboxylic acids is 1. The van der Waals surface area contributed by atoms with Crippen LogP contribution in [-0.2, 0) is 4.79 Å². The van der Waals surface area contributed by atoms with Gasteiger partial charge in [0.25, 0.3) is 0 Å². The highest BCUT2D eigenvalue weighted by atomic mass is 19.4. The van der Waals surface area contributed by atoms with Crippen molar-refractivity contribution in [2.75, 3.05) is 58.8 Å². The molecule has 2 aliphatic heterocycles. The molecule has 1 aliphatic carbocycles. The van der Waals surface area contributed by atoms with Crippen LogP contribution in [0.25, 0.3) is 22.4 Å². The number of halogens is 3. The van der Waals surface area contributed by atoms with Gasteiger partial charge in [-0.3, -0.25) is 0 Å². The zero-order valence-corrected chi connectivity index (χ0v) is 26.2. The van der Waals surface area contributed by atoms with E-state index >= 15 is 0 Å². The van der Waals surface area contributed by atoms with Crippen LogP contribution in [0.1, 0.15) is 50.7 Å². The SMILES string of the molecule is COc1cc2c(NC3CCC34CCN(C)CC4)cc(-c3ccc(C)o3)nc2cc1OCCCN1CCCC1.O=C(O)C(F)(F)F. The highest BCUT2D eigenvalue weighted by Gasteiger charge is 2.48. The number of carboxylic acid groups (broad SMARTS) is 1. The van der Waals surface area contributed by atoms with Crippen molar-refractivity contribution in [3.8, 4) is 23.0 Å². The van der Waals surface area contributed by atoms with Crippen molar-refractivity contribution in [1.82, 2.24) is 14.8 Å². The maximum absolute atomic E-state index is 10.6. The van der Waals surface area contributed by atoms with Gasteiger partial charge in [-0.1, -0.05) is 0 Å². The lowest BCUT2D eigenvalue weighted by Crippen LogP contribution is -2.54. The Morgan fingerprint density at radius 3 is 2.40 bits per heavy atom. The number of nitrogens with zero attached hydrogens (tertiary/aromatic N) is 3. The molecule has 2 N–H and O–H groups in total. The molecule has 0 radical (unpaired) electrons. The summed E-state index contributed by atoms with van der Waals surface area (Å²) in [5, 5.41) is 12.2. The van der Waals surface area contributed by atoms with E-state index in [1.54, 1.807) is 7.11 Å². The van der Waals surface area contributed by atoms with Crippen molar-refractivity contribution in [2.24, 2.45) is 5.41 Å². The van der Waals surface area contributed by atoms with E-state index in [-0.39, 0.29) is 0 Å². The van der Waals surface area contributed by atoms with Gasteiger partial charge in [0.15, 0.2) is 17.3 Å². The van der Waals surface area contributed by atoms with Gasteiger partial charge < -0.3 is 34.1 Å². The molecule has 1 atom stereocenters. The summed E-state index contributed by atoms with van der Waals surface area (Å²) in [4.78, 5) is 18.9. The quantitative estimate of drug-likeness (QED) is 0.253. The standard InChI is InChI=1S/C31H42N4O3.C2HF3O2/c1-22-7-8-27(38-22)26-20-24(33-30-9-10-31(30)11-16-34(2)17-12-31)23-19-28(36-3)29(21-25(23)32-26)37-18-6-15-35-13-4-5-14-35;3-2(4,5)1(6)7/h7-8,19-21,30H,4-6,9-18H2,1-3H3,(H,32,33);(H,6,7). The van der Waals surface area contributed by atoms with E-state index in [1.807, 2.05) is 25.1 Å².